The van der Waals surface area contributed by atoms with E-state index in [2.05, 4.69) is 11.6 Å². The Labute approximate surface area is 79.2 Å². The third-order valence-electron chi connectivity index (χ3n) is 0.156. The Morgan fingerprint density at radius 2 is 1.38 bits per heavy atom. The van der Waals surface area contributed by atoms with Gasteiger partial charge in [0, 0.05) is 0 Å². The molecule has 0 aliphatic heterocycles. The second kappa shape index (κ2) is 15.6. The molecule has 0 aliphatic rings. The van der Waals surface area contributed by atoms with E-state index in [4.69, 9.17) is 5.41 Å². The van der Waals surface area contributed by atoms with Gasteiger partial charge in [0.05, 0.1) is 0 Å². The van der Waals surface area contributed by atoms with Crippen LogP contribution in [0.1, 0.15) is 0 Å². The average molecular weight is 317 g/mol. The number of hydrazine groups is 1. The van der Waals surface area contributed by atoms with Crippen LogP contribution in [-0.2, 0) is 0 Å². The van der Waals surface area contributed by atoms with Gasteiger partial charge in [-0.3, -0.25) is 10.8 Å². The minimum atomic E-state index is -0.218. The van der Waals surface area contributed by atoms with Gasteiger partial charge >= 0.3 is 0 Å². The van der Waals surface area contributed by atoms with Gasteiger partial charge in [-0.2, -0.15) is 0 Å². The summed E-state index contributed by atoms with van der Waals surface area (Å²) in [6.45, 7) is 0. The highest BCUT2D eigenvalue weighted by atomic mass is 79.9. The highest BCUT2D eigenvalue weighted by Crippen LogP contribution is 1.25. The highest BCUT2D eigenvalue weighted by molar-refractivity contribution is 8.93. The third-order valence-corrected chi connectivity index (χ3v) is 0.156. The highest BCUT2D eigenvalue weighted by Gasteiger charge is 1.66. The molecule has 0 saturated carbocycles. The number of rotatable bonds is 0. The molecular weight excluding hydrogens is 308 g/mol. The van der Waals surface area contributed by atoms with Gasteiger partial charge in [0.1, 0.15) is 0 Å². The van der Waals surface area contributed by atoms with Crippen LogP contribution in [0.5, 0.6) is 0 Å². The molecule has 0 aliphatic carbocycles. The molecule has 54 valence electrons. The van der Waals surface area contributed by atoms with Crippen LogP contribution in [0.15, 0.2) is 0 Å². The van der Waals surface area contributed by atoms with Crippen LogP contribution in [0.3, 0.4) is 0 Å². The first kappa shape index (κ1) is 23.4. The Morgan fingerprint density at radius 1 is 1.25 bits per heavy atom. The first-order chi connectivity index (χ1) is 2.27. The van der Waals surface area contributed by atoms with E-state index in [1.807, 2.05) is 5.43 Å². The fraction of sp³-hybridized carbons (Fsp3) is 0. The number of guanidine groups is 1. The normalized spacial score (nSPS) is 4.12. The Hall–Kier alpha value is 0.670. The number of nitrogens with one attached hydrogen (secondary N) is 2. The first-order valence-electron chi connectivity index (χ1n) is 1.08. The van der Waals surface area contributed by atoms with Gasteiger partial charge in [0.2, 0.25) is 0 Å². The predicted octanol–water partition coefficient (Wildman–Crippen LogP) is 0.0769. The van der Waals surface area contributed by atoms with Crippen LogP contribution in [0, 0.1) is 5.41 Å². The van der Waals surface area contributed by atoms with Gasteiger partial charge in [0.25, 0.3) is 0 Å². The molecule has 0 aromatic heterocycles. The van der Waals surface area contributed by atoms with E-state index in [0.29, 0.717) is 0 Å². The molecule has 0 aromatic rings. The molecule has 4 nitrogen and oxygen atoms in total. The van der Waals surface area contributed by atoms with Gasteiger partial charge in [-0.05, 0) is 0 Å². The van der Waals surface area contributed by atoms with Gasteiger partial charge in [-0.25, -0.2) is 5.84 Å². The van der Waals surface area contributed by atoms with Crippen LogP contribution >= 0.6 is 50.9 Å². The Bertz CT molecular complexity index is 46.5. The molecular formula is CH9Br3N4. The molecule has 0 amide bonds. The fourth-order valence-corrected chi connectivity index (χ4v) is 0. The van der Waals surface area contributed by atoms with Crippen molar-refractivity contribution in [3.63, 3.8) is 0 Å². The Balaban J connectivity index is -0.0000000267. The number of nitrogens with two attached hydrogens (primary N) is 2. The van der Waals surface area contributed by atoms with Crippen LogP contribution < -0.4 is 17.0 Å². The van der Waals surface area contributed by atoms with Crippen molar-refractivity contribution in [1.29, 1.82) is 5.41 Å². The van der Waals surface area contributed by atoms with E-state index in [1.54, 1.807) is 0 Å². The molecule has 0 spiro atoms. The van der Waals surface area contributed by atoms with Crippen LogP contribution in [0.25, 0.3) is 0 Å². The average Bonchev–Trinajstić information content (AvgIpc) is 1.38. The summed E-state index contributed by atoms with van der Waals surface area (Å²) < 4.78 is 0. The molecule has 0 heterocycles. The number of halogens is 3. The summed E-state index contributed by atoms with van der Waals surface area (Å²) in [5.74, 6) is 4.35. The third kappa shape index (κ3) is 30.1. The number of hydrogen-bond acceptors (Lipinski definition) is 2. The molecule has 0 atom stereocenters. The second-order valence-corrected chi connectivity index (χ2v) is 0.558. The Morgan fingerprint density at radius 3 is 1.38 bits per heavy atom. The van der Waals surface area contributed by atoms with Crippen molar-refractivity contribution >= 4 is 56.9 Å². The molecule has 0 fully saturated rings. The maximum Gasteiger partial charge on any atom is 0.200 e. The van der Waals surface area contributed by atoms with E-state index < -0.39 is 0 Å². The summed E-state index contributed by atoms with van der Waals surface area (Å²) in [4.78, 5) is 0. The first-order valence-corrected chi connectivity index (χ1v) is 1.08. The van der Waals surface area contributed by atoms with Crippen molar-refractivity contribution in [2.45, 2.75) is 0 Å². The van der Waals surface area contributed by atoms with Crippen LogP contribution in [0.2, 0.25) is 0 Å². The fourth-order valence-electron chi connectivity index (χ4n) is 0. The minimum Gasteiger partial charge on any atom is -0.369 e. The second-order valence-electron chi connectivity index (χ2n) is 0.558. The summed E-state index contributed by atoms with van der Waals surface area (Å²) >= 11 is 0. The van der Waals surface area contributed by atoms with E-state index in [0.717, 1.165) is 0 Å². The topological polar surface area (TPSA) is 87.9 Å². The smallest absolute Gasteiger partial charge is 0.200 e. The maximum absolute atomic E-state index is 6.28. The van der Waals surface area contributed by atoms with Crippen LogP contribution in [0.4, 0.5) is 0 Å². The lowest BCUT2D eigenvalue weighted by atomic mass is 11.1. The van der Waals surface area contributed by atoms with Gasteiger partial charge < -0.3 is 5.73 Å². The van der Waals surface area contributed by atoms with Crippen molar-refractivity contribution in [1.82, 2.24) is 5.43 Å². The largest absolute Gasteiger partial charge is 0.369 e. The summed E-state index contributed by atoms with van der Waals surface area (Å²) in [6, 6.07) is 0. The van der Waals surface area contributed by atoms with Crippen LogP contribution in [-0.4, -0.2) is 5.96 Å². The predicted molar refractivity (Wildman–Crippen MR) is 50.2 cm³/mol. The lowest BCUT2D eigenvalue weighted by Crippen LogP contribution is -2.35. The minimum absolute atomic E-state index is 0. The van der Waals surface area contributed by atoms with Crippen molar-refractivity contribution < 1.29 is 0 Å². The molecule has 7 heteroatoms. The molecule has 0 saturated heterocycles. The zero-order valence-corrected chi connectivity index (χ0v) is 9.02. The van der Waals surface area contributed by atoms with Gasteiger partial charge in [-0.15, -0.1) is 50.9 Å². The lowest BCUT2D eigenvalue weighted by molar-refractivity contribution is 0.995. The quantitative estimate of drug-likeness (QED) is 0.221. The SMILES string of the molecule is Br.Br.Br.N=C(N)NN. The molecule has 8 heavy (non-hydrogen) atoms. The van der Waals surface area contributed by atoms with Gasteiger partial charge in [-0.1, -0.05) is 0 Å². The van der Waals surface area contributed by atoms with Crippen molar-refractivity contribution in [2.75, 3.05) is 0 Å². The molecule has 0 unspecified atom stereocenters. The van der Waals surface area contributed by atoms with Crippen molar-refractivity contribution in [3.8, 4) is 0 Å². The number of hydrogen-bond donors (Lipinski definition) is 4. The monoisotopic (exact) mass is 314 g/mol. The summed E-state index contributed by atoms with van der Waals surface area (Å²) in [6.07, 6.45) is 0. The lowest BCUT2D eigenvalue weighted by Gasteiger charge is -1.85. The maximum atomic E-state index is 6.28. The Kier molecular flexibility index (Phi) is 45.7. The van der Waals surface area contributed by atoms with E-state index in [1.165, 1.54) is 0 Å². The molecule has 0 rings (SSSR count). The summed E-state index contributed by atoms with van der Waals surface area (Å²) in [7, 11) is 0. The van der Waals surface area contributed by atoms with Crippen molar-refractivity contribution in [2.24, 2.45) is 11.6 Å². The molecule has 0 aromatic carbocycles. The summed E-state index contributed by atoms with van der Waals surface area (Å²) in [5.41, 5.74) is 6.53. The van der Waals surface area contributed by atoms with Gasteiger partial charge in [0.15, 0.2) is 5.96 Å². The molecule has 6 N–H and O–H groups in total. The zero-order chi connectivity index (χ0) is 4.28. The summed E-state index contributed by atoms with van der Waals surface area (Å²) in [5, 5.41) is 6.28. The van der Waals surface area contributed by atoms with E-state index in [9.17, 15) is 0 Å². The molecule has 0 bridgehead atoms. The van der Waals surface area contributed by atoms with E-state index >= 15 is 0 Å². The zero-order valence-electron chi connectivity index (χ0n) is 3.88. The standard InChI is InChI=1S/CH6N4.3BrH/c2-1(3)5-4;;;/h4H2,(H4,2,3,5);3*1H. The van der Waals surface area contributed by atoms with E-state index in [-0.39, 0.29) is 56.9 Å². The molecule has 0 radical (unpaired) electrons. The van der Waals surface area contributed by atoms with Crippen molar-refractivity contribution in [3.05, 3.63) is 0 Å².